The number of hydrogen-bond acceptors (Lipinski definition) is 5. The van der Waals surface area contributed by atoms with Gasteiger partial charge in [0.25, 0.3) is 0 Å². The molecule has 3 rings (SSSR count). The van der Waals surface area contributed by atoms with Gasteiger partial charge >= 0.3 is 11.0 Å². The summed E-state index contributed by atoms with van der Waals surface area (Å²) >= 11 is 1.04. The van der Waals surface area contributed by atoms with Crippen molar-refractivity contribution in [3.8, 4) is 5.75 Å². The van der Waals surface area contributed by atoms with Crippen LogP contribution in [0.4, 0.5) is 4.79 Å². The Labute approximate surface area is 149 Å². The van der Waals surface area contributed by atoms with Crippen molar-refractivity contribution in [2.75, 3.05) is 19.6 Å². The van der Waals surface area contributed by atoms with Crippen LogP contribution < -0.4 is 10.2 Å². The minimum Gasteiger partial charge on any atom is -0.506 e. The van der Waals surface area contributed by atoms with Gasteiger partial charge in [-0.25, -0.2) is 4.79 Å². The fourth-order valence-electron chi connectivity index (χ4n) is 3.36. The standard InChI is InChI=1S/C17H23N3O4S/c21-13-6-5-11(15-14(13)19-16(22)25-15)7-9-20(17(23)24)10-8-18-12-3-1-2-4-12/h5-6,12,18,21H,1-4,7-10H2,(H,19,22)(H,23,24). The molecule has 1 aromatic carbocycles. The molecule has 4 N–H and O–H groups in total. The van der Waals surface area contributed by atoms with Crippen molar-refractivity contribution >= 4 is 27.6 Å². The second-order valence-corrected chi connectivity index (χ2v) is 7.40. The molecule has 2 aromatic rings. The van der Waals surface area contributed by atoms with Crippen molar-refractivity contribution in [2.45, 2.75) is 38.1 Å². The lowest BCUT2D eigenvalue weighted by Gasteiger charge is -2.21. The van der Waals surface area contributed by atoms with Gasteiger partial charge in [0.15, 0.2) is 0 Å². The molecule has 0 spiro atoms. The summed E-state index contributed by atoms with van der Waals surface area (Å²) in [7, 11) is 0. The first-order chi connectivity index (χ1) is 12.0. The van der Waals surface area contributed by atoms with Crippen LogP contribution in [0.5, 0.6) is 5.75 Å². The van der Waals surface area contributed by atoms with Crippen molar-refractivity contribution in [1.29, 1.82) is 0 Å². The lowest BCUT2D eigenvalue weighted by molar-refractivity contribution is 0.145. The molecule has 0 aliphatic heterocycles. The molecule has 1 saturated carbocycles. The average molecular weight is 365 g/mol. The molecule has 1 aliphatic rings. The molecule has 1 fully saturated rings. The molecule has 8 heteroatoms. The number of aromatic hydroxyl groups is 1. The molecule has 0 unspecified atom stereocenters. The molecule has 25 heavy (non-hydrogen) atoms. The Hall–Kier alpha value is -2.06. The number of thiazole rings is 1. The number of phenolic OH excluding ortho intramolecular Hbond substituents is 1. The Bertz CT molecular complexity index is 795. The molecule has 1 aliphatic carbocycles. The predicted octanol–water partition coefficient (Wildman–Crippen LogP) is 2.35. The van der Waals surface area contributed by atoms with E-state index in [4.69, 9.17) is 0 Å². The molecule has 1 aromatic heterocycles. The van der Waals surface area contributed by atoms with E-state index >= 15 is 0 Å². The molecule has 0 bridgehead atoms. The van der Waals surface area contributed by atoms with Crippen LogP contribution in [-0.4, -0.2) is 51.9 Å². The van der Waals surface area contributed by atoms with Crippen LogP contribution in [0.15, 0.2) is 16.9 Å². The maximum atomic E-state index is 11.5. The summed E-state index contributed by atoms with van der Waals surface area (Å²) in [5.41, 5.74) is 1.29. The molecule has 0 atom stereocenters. The van der Waals surface area contributed by atoms with E-state index < -0.39 is 6.09 Å². The molecule has 7 nitrogen and oxygen atoms in total. The number of phenols is 1. The Morgan fingerprint density at radius 1 is 1.32 bits per heavy atom. The maximum Gasteiger partial charge on any atom is 0.407 e. The van der Waals surface area contributed by atoms with E-state index in [1.54, 1.807) is 6.07 Å². The van der Waals surface area contributed by atoms with Crippen LogP contribution >= 0.6 is 11.3 Å². The zero-order valence-corrected chi connectivity index (χ0v) is 14.8. The Balaban J connectivity index is 1.60. The van der Waals surface area contributed by atoms with Crippen molar-refractivity contribution in [3.63, 3.8) is 0 Å². The summed E-state index contributed by atoms with van der Waals surface area (Å²) < 4.78 is 0.694. The monoisotopic (exact) mass is 365 g/mol. The van der Waals surface area contributed by atoms with E-state index in [-0.39, 0.29) is 10.6 Å². The number of rotatable bonds is 7. The van der Waals surface area contributed by atoms with Gasteiger partial charge in [0, 0.05) is 25.7 Å². The topological polar surface area (TPSA) is 106 Å². The minimum absolute atomic E-state index is 0.0351. The lowest BCUT2D eigenvalue weighted by atomic mass is 10.1. The summed E-state index contributed by atoms with van der Waals surface area (Å²) in [4.78, 5) is 26.8. The minimum atomic E-state index is -0.939. The number of hydrogen-bond donors (Lipinski definition) is 4. The highest BCUT2D eigenvalue weighted by molar-refractivity contribution is 7.16. The average Bonchev–Trinajstić information content (AvgIpc) is 3.21. The third kappa shape index (κ3) is 4.32. The first kappa shape index (κ1) is 17.8. The number of H-pyrrole nitrogens is 1. The highest BCUT2D eigenvalue weighted by Crippen LogP contribution is 2.28. The smallest absolute Gasteiger partial charge is 0.407 e. The second-order valence-electron chi connectivity index (χ2n) is 6.42. The van der Waals surface area contributed by atoms with E-state index in [0.29, 0.717) is 42.3 Å². The second kappa shape index (κ2) is 7.88. The van der Waals surface area contributed by atoms with Crippen LogP contribution in [0.1, 0.15) is 31.2 Å². The quantitative estimate of drug-likeness (QED) is 0.603. The van der Waals surface area contributed by atoms with Gasteiger partial charge in [0.1, 0.15) is 11.3 Å². The third-order valence-electron chi connectivity index (χ3n) is 4.73. The van der Waals surface area contributed by atoms with E-state index in [0.717, 1.165) is 16.9 Å². The van der Waals surface area contributed by atoms with Gasteiger partial charge < -0.3 is 25.4 Å². The van der Waals surface area contributed by atoms with Gasteiger partial charge in [0.05, 0.1) is 4.70 Å². The Kier molecular flexibility index (Phi) is 5.60. The van der Waals surface area contributed by atoms with Crippen molar-refractivity contribution in [3.05, 3.63) is 27.4 Å². The number of fused-ring (bicyclic) bond motifs is 1. The predicted molar refractivity (Wildman–Crippen MR) is 97.7 cm³/mol. The maximum absolute atomic E-state index is 11.5. The number of nitrogens with zero attached hydrogens (tertiary/aromatic N) is 1. The van der Waals surface area contributed by atoms with Crippen molar-refractivity contribution in [1.82, 2.24) is 15.2 Å². The van der Waals surface area contributed by atoms with Crippen LogP contribution in [0, 0.1) is 0 Å². The largest absolute Gasteiger partial charge is 0.506 e. The van der Waals surface area contributed by atoms with Crippen LogP contribution in [0.2, 0.25) is 0 Å². The number of carbonyl (C=O) groups is 1. The highest BCUT2D eigenvalue weighted by atomic mass is 32.1. The summed E-state index contributed by atoms with van der Waals surface area (Å²) in [6, 6.07) is 3.80. The van der Waals surface area contributed by atoms with Crippen molar-refractivity contribution in [2.24, 2.45) is 0 Å². The van der Waals surface area contributed by atoms with E-state index in [1.807, 2.05) is 0 Å². The normalized spacial score (nSPS) is 15.0. The van der Waals surface area contributed by atoms with Gasteiger partial charge in [-0.15, -0.1) is 0 Å². The van der Waals surface area contributed by atoms with Gasteiger partial charge in [-0.1, -0.05) is 30.2 Å². The number of nitrogens with one attached hydrogen (secondary N) is 2. The zero-order chi connectivity index (χ0) is 17.8. The number of amides is 1. The van der Waals surface area contributed by atoms with Crippen LogP contribution in [0.25, 0.3) is 10.2 Å². The van der Waals surface area contributed by atoms with E-state index in [1.165, 1.54) is 36.6 Å². The lowest BCUT2D eigenvalue weighted by Crippen LogP contribution is -2.39. The number of aromatic nitrogens is 1. The summed E-state index contributed by atoms with van der Waals surface area (Å²) in [6.07, 6.45) is 4.40. The van der Waals surface area contributed by atoms with Gasteiger partial charge in [-0.05, 0) is 30.9 Å². The zero-order valence-electron chi connectivity index (χ0n) is 14.0. The first-order valence-corrected chi connectivity index (χ1v) is 9.41. The number of benzene rings is 1. The van der Waals surface area contributed by atoms with Crippen LogP contribution in [-0.2, 0) is 6.42 Å². The third-order valence-corrected chi connectivity index (χ3v) is 5.69. The SMILES string of the molecule is O=C(O)N(CCNC1CCCC1)CCc1ccc(O)c2[nH]c(=O)sc12. The van der Waals surface area contributed by atoms with Gasteiger partial charge in [-0.3, -0.25) is 4.79 Å². The van der Waals surface area contributed by atoms with Crippen LogP contribution in [0.3, 0.4) is 0 Å². The number of aromatic amines is 1. The van der Waals surface area contributed by atoms with E-state index in [2.05, 4.69) is 10.3 Å². The summed E-state index contributed by atoms with van der Waals surface area (Å²) in [5, 5.41) is 22.7. The highest BCUT2D eigenvalue weighted by Gasteiger charge is 2.17. The number of carboxylic acid groups (broad SMARTS) is 1. The summed E-state index contributed by atoms with van der Waals surface area (Å²) in [5.74, 6) is 0.0351. The Morgan fingerprint density at radius 3 is 2.80 bits per heavy atom. The molecular formula is C17H23N3O4S. The molecular weight excluding hydrogens is 342 g/mol. The molecule has 136 valence electrons. The van der Waals surface area contributed by atoms with Gasteiger partial charge in [0.2, 0.25) is 0 Å². The first-order valence-electron chi connectivity index (χ1n) is 8.59. The molecule has 0 radical (unpaired) electrons. The fraction of sp³-hybridized carbons (Fsp3) is 0.529. The van der Waals surface area contributed by atoms with Crippen molar-refractivity contribution < 1.29 is 15.0 Å². The molecule has 0 saturated heterocycles. The van der Waals surface area contributed by atoms with Gasteiger partial charge in [-0.2, -0.15) is 0 Å². The summed E-state index contributed by atoms with van der Waals surface area (Å²) in [6.45, 7) is 1.45. The molecule has 1 heterocycles. The van der Waals surface area contributed by atoms with E-state index in [9.17, 15) is 19.8 Å². The molecule has 1 amide bonds. The Morgan fingerprint density at radius 2 is 2.08 bits per heavy atom. The fourth-order valence-corrected chi connectivity index (χ4v) is 4.26.